The van der Waals surface area contributed by atoms with Gasteiger partial charge in [0.05, 0.1) is 4.92 Å². The topological polar surface area (TPSA) is 92.5 Å². The van der Waals surface area contributed by atoms with E-state index < -0.39 is 16.9 Å². The zero-order chi connectivity index (χ0) is 13.1. The minimum absolute atomic E-state index is 0.0757. The van der Waals surface area contributed by atoms with Gasteiger partial charge < -0.3 is 10.4 Å². The van der Waals surface area contributed by atoms with Crippen molar-refractivity contribution in [1.82, 2.24) is 5.32 Å². The Bertz CT molecular complexity index is 458. The van der Waals surface area contributed by atoms with Gasteiger partial charge in [-0.2, -0.15) is 0 Å². The lowest BCUT2D eigenvalue weighted by Crippen LogP contribution is -2.29. The number of carboxylic acids is 1. The van der Waals surface area contributed by atoms with E-state index in [2.05, 4.69) is 5.32 Å². The van der Waals surface area contributed by atoms with Gasteiger partial charge in [0.25, 0.3) is 5.69 Å². The Kier molecular flexibility index (Phi) is 3.57. The van der Waals surface area contributed by atoms with Crippen LogP contribution in [-0.4, -0.2) is 28.6 Å². The lowest BCUT2D eigenvalue weighted by atomic mass is 9.96. The summed E-state index contributed by atoms with van der Waals surface area (Å²) >= 11 is 0. The SMILES string of the molecule is O=C(O)[C@H]1C[C@H](Cc2ccc([N+](=O)[O-])cc2)CN1. The average molecular weight is 250 g/mol. The number of hydrogen-bond acceptors (Lipinski definition) is 4. The number of carbonyl (C=O) groups is 1. The second-order valence-electron chi connectivity index (χ2n) is 4.53. The summed E-state index contributed by atoms with van der Waals surface area (Å²) in [6.45, 7) is 0.675. The van der Waals surface area contributed by atoms with Crippen molar-refractivity contribution in [2.45, 2.75) is 18.9 Å². The van der Waals surface area contributed by atoms with Crippen LogP contribution in [0, 0.1) is 16.0 Å². The van der Waals surface area contributed by atoms with Crippen LogP contribution >= 0.6 is 0 Å². The van der Waals surface area contributed by atoms with E-state index in [0.29, 0.717) is 13.0 Å². The molecule has 0 bridgehead atoms. The first-order chi connectivity index (χ1) is 8.56. The van der Waals surface area contributed by atoms with E-state index in [0.717, 1.165) is 12.0 Å². The summed E-state index contributed by atoms with van der Waals surface area (Å²) in [5, 5.41) is 22.3. The van der Waals surface area contributed by atoms with Gasteiger partial charge in [-0.05, 0) is 30.9 Å². The number of nitro benzene ring substituents is 1. The normalized spacial score (nSPS) is 22.9. The van der Waals surface area contributed by atoms with Crippen molar-refractivity contribution in [2.75, 3.05) is 6.54 Å². The van der Waals surface area contributed by atoms with Crippen molar-refractivity contribution >= 4 is 11.7 Å². The Hall–Kier alpha value is -1.95. The van der Waals surface area contributed by atoms with Crippen LogP contribution < -0.4 is 5.32 Å². The fourth-order valence-corrected chi connectivity index (χ4v) is 2.24. The number of hydrogen-bond donors (Lipinski definition) is 2. The van der Waals surface area contributed by atoms with Gasteiger partial charge in [-0.25, -0.2) is 0 Å². The minimum atomic E-state index is -0.818. The van der Waals surface area contributed by atoms with E-state index >= 15 is 0 Å². The van der Waals surface area contributed by atoms with Gasteiger partial charge in [0.1, 0.15) is 6.04 Å². The van der Waals surface area contributed by atoms with Crippen LogP contribution in [0.2, 0.25) is 0 Å². The summed E-state index contributed by atoms with van der Waals surface area (Å²) in [5.74, 6) is -0.547. The first-order valence-electron chi connectivity index (χ1n) is 5.76. The fourth-order valence-electron chi connectivity index (χ4n) is 2.24. The first-order valence-corrected chi connectivity index (χ1v) is 5.76. The third-order valence-corrected chi connectivity index (χ3v) is 3.19. The minimum Gasteiger partial charge on any atom is -0.480 e. The summed E-state index contributed by atoms with van der Waals surface area (Å²) in [6, 6.07) is 5.95. The number of non-ortho nitro benzene ring substituents is 1. The third kappa shape index (κ3) is 2.84. The smallest absolute Gasteiger partial charge is 0.320 e. The van der Waals surface area contributed by atoms with Crippen molar-refractivity contribution < 1.29 is 14.8 Å². The molecule has 0 saturated carbocycles. The molecule has 1 aromatic carbocycles. The molecule has 96 valence electrons. The van der Waals surface area contributed by atoms with Gasteiger partial charge in [-0.15, -0.1) is 0 Å². The first kappa shape index (κ1) is 12.5. The van der Waals surface area contributed by atoms with Gasteiger partial charge in [-0.3, -0.25) is 14.9 Å². The van der Waals surface area contributed by atoms with E-state index in [1.165, 1.54) is 12.1 Å². The predicted octanol–water partition coefficient (Wildman–Crippen LogP) is 1.20. The molecule has 2 N–H and O–H groups in total. The van der Waals surface area contributed by atoms with Crippen molar-refractivity contribution in [1.29, 1.82) is 0 Å². The lowest BCUT2D eigenvalue weighted by molar-refractivity contribution is -0.384. The average Bonchev–Trinajstić information content (AvgIpc) is 2.78. The second-order valence-corrected chi connectivity index (χ2v) is 4.53. The van der Waals surface area contributed by atoms with Gasteiger partial charge in [-0.1, -0.05) is 12.1 Å². The molecule has 1 aliphatic heterocycles. The summed E-state index contributed by atoms with van der Waals surface area (Å²) in [7, 11) is 0. The molecule has 18 heavy (non-hydrogen) atoms. The number of nitro groups is 1. The molecule has 2 atom stereocenters. The molecule has 0 radical (unpaired) electrons. The molecule has 2 rings (SSSR count). The molecule has 0 aromatic heterocycles. The largest absolute Gasteiger partial charge is 0.480 e. The summed E-state index contributed by atoms with van der Waals surface area (Å²) < 4.78 is 0. The predicted molar refractivity (Wildman–Crippen MR) is 64.3 cm³/mol. The van der Waals surface area contributed by atoms with Gasteiger partial charge in [0, 0.05) is 12.1 Å². The van der Waals surface area contributed by atoms with Crippen molar-refractivity contribution in [3.05, 3.63) is 39.9 Å². The van der Waals surface area contributed by atoms with Gasteiger partial charge >= 0.3 is 5.97 Å². The second kappa shape index (κ2) is 5.14. The van der Waals surface area contributed by atoms with Crippen LogP contribution in [0.4, 0.5) is 5.69 Å². The van der Waals surface area contributed by atoms with Crippen LogP contribution in [-0.2, 0) is 11.2 Å². The Morgan fingerprint density at radius 3 is 2.61 bits per heavy atom. The summed E-state index contributed by atoms with van der Waals surface area (Å²) in [4.78, 5) is 20.9. The number of rotatable bonds is 4. The molecule has 6 heteroatoms. The molecule has 0 spiro atoms. The Morgan fingerprint density at radius 2 is 2.11 bits per heavy atom. The molecule has 6 nitrogen and oxygen atoms in total. The summed E-state index contributed by atoms with van der Waals surface area (Å²) in [6.07, 6.45) is 1.35. The van der Waals surface area contributed by atoms with E-state index in [9.17, 15) is 14.9 Å². The van der Waals surface area contributed by atoms with E-state index in [1.54, 1.807) is 12.1 Å². The van der Waals surface area contributed by atoms with Crippen molar-refractivity contribution in [2.24, 2.45) is 5.92 Å². The number of nitrogens with zero attached hydrogens (tertiary/aromatic N) is 1. The maximum absolute atomic E-state index is 10.8. The van der Waals surface area contributed by atoms with Gasteiger partial charge in [0.15, 0.2) is 0 Å². The molecule has 0 unspecified atom stereocenters. The molecule has 1 aliphatic rings. The van der Waals surface area contributed by atoms with Crippen molar-refractivity contribution in [3.63, 3.8) is 0 Å². The zero-order valence-electron chi connectivity index (χ0n) is 9.70. The third-order valence-electron chi connectivity index (χ3n) is 3.19. The highest BCUT2D eigenvalue weighted by Gasteiger charge is 2.28. The van der Waals surface area contributed by atoms with E-state index in [4.69, 9.17) is 5.11 Å². The van der Waals surface area contributed by atoms with E-state index in [1.807, 2.05) is 0 Å². The molecule has 0 aliphatic carbocycles. The Labute approximate surface area is 104 Å². The lowest BCUT2D eigenvalue weighted by Gasteiger charge is -2.08. The highest BCUT2D eigenvalue weighted by Crippen LogP contribution is 2.21. The Balaban J connectivity index is 1.94. The van der Waals surface area contributed by atoms with Crippen LogP contribution in [0.3, 0.4) is 0 Å². The summed E-state index contributed by atoms with van der Waals surface area (Å²) in [5.41, 5.74) is 1.07. The number of aliphatic carboxylic acids is 1. The number of benzene rings is 1. The van der Waals surface area contributed by atoms with Crippen LogP contribution in [0.15, 0.2) is 24.3 Å². The maximum Gasteiger partial charge on any atom is 0.320 e. The number of carboxylic acid groups (broad SMARTS) is 1. The fraction of sp³-hybridized carbons (Fsp3) is 0.417. The van der Waals surface area contributed by atoms with Crippen molar-refractivity contribution in [3.8, 4) is 0 Å². The Morgan fingerprint density at radius 1 is 1.44 bits per heavy atom. The van der Waals surface area contributed by atoms with Crippen LogP contribution in [0.5, 0.6) is 0 Å². The zero-order valence-corrected chi connectivity index (χ0v) is 9.70. The number of nitrogens with one attached hydrogen (secondary N) is 1. The molecule has 1 saturated heterocycles. The quantitative estimate of drug-likeness (QED) is 0.618. The standard InChI is InChI=1S/C12H14N2O4/c15-12(16)11-6-9(7-13-11)5-8-1-3-10(4-2-8)14(17)18/h1-4,9,11,13H,5-7H2,(H,15,16)/t9-,11+/m0/s1. The molecule has 1 heterocycles. The van der Waals surface area contributed by atoms with E-state index in [-0.39, 0.29) is 11.6 Å². The van der Waals surface area contributed by atoms with Crippen LogP contribution in [0.25, 0.3) is 0 Å². The molecule has 1 aromatic rings. The highest BCUT2D eigenvalue weighted by molar-refractivity contribution is 5.73. The monoisotopic (exact) mass is 250 g/mol. The molecule has 1 fully saturated rings. The maximum atomic E-state index is 10.8. The highest BCUT2D eigenvalue weighted by atomic mass is 16.6. The van der Waals surface area contributed by atoms with Crippen LogP contribution in [0.1, 0.15) is 12.0 Å². The molecular formula is C12H14N2O4. The molecule has 0 amide bonds. The van der Waals surface area contributed by atoms with Gasteiger partial charge in [0.2, 0.25) is 0 Å². The molecular weight excluding hydrogens is 236 g/mol.